The molecule has 2 amide bonds. The Bertz CT molecular complexity index is 765. The molecule has 0 aliphatic heterocycles. The number of ether oxygens (including phenoxy) is 1. The highest BCUT2D eigenvalue weighted by Crippen LogP contribution is 2.25. The van der Waals surface area contributed by atoms with Crippen molar-refractivity contribution in [2.45, 2.75) is 38.8 Å². The SMILES string of the molecule is CCCC(=O)N(Cc1ccc(F)cc1)C(C(=O)NCCCOC)c1ccccc1. The summed E-state index contributed by atoms with van der Waals surface area (Å²) >= 11 is 0. The van der Waals surface area contributed by atoms with Gasteiger partial charge in [0.1, 0.15) is 11.9 Å². The number of hydrogen-bond donors (Lipinski definition) is 1. The van der Waals surface area contributed by atoms with Gasteiger partial charge in [0.15, 0.2) is 0 Å². The molecule has 1 atom stereocenters. The van der Waals surface area contributed by atoms with Crippen molar-refractivity contribution in [2.75, 3.05) is 20.3 Å². The number of halogens is 1. The van der Waals surface area contributed by atoms with Crippen LogP contribution < -0.4 is 5.32 Å². The van der Waals surface area contributed by atoms with Crippen LogP contribution in [0.15, 0.2) is 54.6 Å². The van der Waals surface area contributed by atoms with Crippen LogP contribution in [0.3, 0.4) is 0 Å². The molecule has 1 N–H and O–H groups in total. The van der Waals surface area contributed by atoms with E-state index in [1.54, 1.807) is 24.1 Å². The van der Waals surface area contributed by atoms with Crippen molar-refractivity contribution < 1.29 is 18.7 Å². The third-order valence-corrected chi connectivity index (χ3v) is 4.55. The number of carbonyl (C=O) groups excluding carboxylic acids is 2. The molecule has 0 heterocycles. The van der Waals surface area contributed by atoms with E-state index in [9.17, 15) is 14.0 Å². The van der Waals surface area contributed by atoms with Crippen LogP contribution in [0.25, 0.3) is 0 Å². The summed E-state index contributed by atoms with van der Waals surface area (Å²) in [6.45, 7) is 3.16. The molecule has 0 bridgehead atoms. The molecule has 0 saturated heterocycles. The summed E-state index contributed by atoms with van der Waals surface area (Å²) in [7, 11) is 1.61. The minimum atomic E-state index is -0.761. The van der Waals surface area contributed by atoms with Crippen molar-refractivity contribution in [3.05, 3.63) is 71.5 Å². The fourth-order valence-corrected chi connectivity index (χ4v) is 3.10. The molecule has 1 unspecified atom stereocenters. The van der Waals surface area contributed by atoms with Crippen molar-refractivity contribution in [1.29, 1.82) is 0 Å². The maximum atomic E-state index is 13.3. The Kier molecular flexibility index (Phi) is 9.31. The van der Waals surface area contributed by atoms with Crippen LogP contribution in [0.2, 0.25) is 0 Å². The quantitative estimate of drug-likeness (QED) is 0.583. The van der Waals surface area contributed by atoms with Gasteiger partial charge < -0.3 is 15.0 Å². The molecule has 5 nitrogen and oxygen atoms in total. The first-order valence-corrected chi connectivity index (χ1v) is 9.92. The second-order valence-electron chi connectivity index (χ2n) is 6.85. The molecular formula is C23H29FN2O3. The van der Waals surface area contributed by atoms with Gasteiger partial charge >= 0.3 is 0 Å². The summed E-state index contributed by atoms with van der Waals surface area (Å²) in [4.78, 5) is 27.6. The zero-order valence-electron chi connectivity index (χ0n) is 17.1. The molecule has 0 saturated carbocycles. The molecular weight excluding hydrogens is 371 g/mol. The highest BCUT2D eigenvalue weighted by Gasteiger charge is 2.30. The molecule has 2 aromatic carbocycles. The van der Waals surface area contributed by atoms with Gasteiger partial charge in [-0.2, -0.15) is 0 Å². The number of amides is 2. The summed E-state index contributed by atoms with van der Waals surface area (Å²) in [5, 5.41) is 2.92. The van der Waals surface area contributed by atoms with Gasteiger partial charge in [0.25, 0.3) is 0 Å². The first-order valence-electron chi connectivity index (χ1n) is 9.92. The van der Waals surface area contributed by atoms with E-state index >= 15 is 0 Å². The second kappa shape index (κ2) is 12.0. The zero-order chi connectivity index (χ0) is 21.1. The summed E-state index contributed by atoms with van der Waals surface area (Å²) in [5.74, 6) is -0.688. The van der Waals surface area contributed by atoms with Gasteiger partial charge in [0, 0.05) is 33.2 Å². The van der Waals surface area contributed by atoms with Gasteiger partial charge in [0.05, 0.1) is 0 Å². The van der Waals surface area contributed by atoms with Gasteiger partial charge in [-0.05, 0) is 36.1 Å². The smallest absolute Gasteiger partial charge is 0.247 e. The average Bonchev–Trinajstić information content (AvgIpc) is 2.73. The summed E-state index contributed by atoms with van der Waals surface area (Å²) in [5.41, 5.74) is 1.51. The van der Waals surface area contributed by atoms with Gasteiger partial charge in [-0.3, -0.25) is 9.59 Å². The maximum absolute atomic E-state index is 13.3. The highest BCUT2D eigenvalue weighted by molar-refractivity contribution is 5.88. The van der Waals surface area contributed by atoms with Crippen molar-refractivity contribution in [3.63, 3.8) is 0 Å². The van der Waals surface area contributed by atoms with Crippen molar-refractivity contribution in [1.82, 2.24) is 10.2 Å². The Balaban J connectivity index is 2.32. The number of hydrogen-bond acceptors (Lipinski definition) is 3. The predicted molar refractivity (Wildman–Crippen MR) is 111 cm³/mol. The van der Waals surface area contributed by atoms with Crippen LogP contribution in [0, 0.1) is 5.82 Å². The van der Waals surface area contributed by atoms with E-state index in [1.807, 2.05) is 37.3 Å². The van der Waals surface area contributed by atoms with Crippen molar-refractivity contribution in [3.8, 4) is 0 Å². The van der Waals surface area contributed by atoms with Crippen LogP contribution in [-0.4, -0.2) is 37.0 Å². The molecule has 0 aromatic heterocycles. The lowest BCUT2D eigenvalue weighted by Crippen LogP contribution is -2.43. The Morgan fingerprint density at radius 2 is 1.79 bits per heavy atom. The van der Waals surface area contributed by atoms with E-state index < -0.39 is 6.04 Å². The standard InChI is InChI=1S/C23H29FN2O3/c1-3-8-21(27)26(17-18-11-13-20(24)14-12-18)22(19-9-5-4-6-10-19)23(28)25-15-7-16-29-2/h4-6,9-14,22H,3,7-8,15-17H2,1-2H3,(H,25,28). The predicted octanol–water partition coefficient (Wildman–Crippen LogP) is 3.85. The van der Waals surface area contributed by atoms with E-state index in [4.69, 9.17) is 4.74 Å². The van der Waals surface area contributed by atoms with Gasteiger partial charge in [-0.1, -0.05) is 49.4 Å². The largest absolute Gasteiger partial charge is 0.385 e. The van der Waals surface area contributed by atoms with Gasteiger partial charge in [-0.25, -0.2) is 4.39 Å². The molecule has 2 rings (SSSR count). The number of carbonyl (C=O) groups is 2. The first-order chi connectivity index (χ1) is 14.1. The molecule has 2 aromatic rings. The lowest BCUT2D eigenvalue weighted by molar-refractivity contribution is -0.141. The normalized spacial score (nSPS) is 11.7. The lowest BCUT2D eigenvalue weighted by Gasteiger charge is -2.31. The molecule has 0 spiro atoms. The molecule has 0 fully saturated rings. The van der Waals surface area contributed by atoms with Crippen LogP contribution in [0.4, 0.5) is 4.39 Å². The van der Waals surface area contributed by atoms with E-state index in [0.717, 1.165) is 11.1 Å². The van der Waals surface area contributed by atoms with Crippen molar-refractivity contribution in [2.24, 2.45) is 0 Å². The molecule has 29 heavy (non-hydrogen) atoms. The fraction of sp³-hybridized carbons (Fsp3) is 0.391. The lowest BCUT2D eigenvalue weighted by atomic mass is 10.0. The number of benzene rings is 2. The third kappa shape index (κ3) is 6.98. The maximum Gasteiger partial charge on any atom is 0.247 e. The molecule has 156 valence electrons. The topological polar surface area (TPSA) is 58.6 Å². The van der Waals surface area contributed by atoms with Crippen LogP contribution >= 0.6 is 0 Å². The summed E-state index contributed by atoms with van der Waals surface area (Å²) in [6.07, 6.45) is 1.70. The van der Waals surface area contributed by atoms with Gasteiger partial charge in [0.2, 0.25) is 11.8 Å². The fourth-order valence-electron chi connectivity index (χ4n) is 3.10. The average molecular weight is 400 g/mol. The molecule has 0 radical (unpaired) electrons. The zero-order valence-corrected chi connectivity index (χ0v) is 17.1. The van der Waals surface area contributed by atoms with E-state index in [1.165, 1.54) is 12.1 Å². The Labute approximate surface area is 171 Å². The number of nitrogens with zero attached hydrogens (tertiary/aromatic N) is 1. The highest BCUT2D eigenvalue weighted by atomic mass is 19.1. The van der Waals surface area contributed by atoms with Crippen molar-refractivity contribution >= 4 is 11.8 Å². The first kappa shape index (κ1) is 22.6. The summed E-state index contributed by atoms with van der Waals surface area (Å²) in [6, 6.07) is 14.5. The third-order valence-electron chi connectivity index (χ3n) is 4.55. The number of rotatable bonds is 11. The minimum Gasteiger partial charge on any atom is -0.385 e. The van der Waals surface area contributed by atoms with Crippen LogP contribution in [0.5, 0.6) is 0 Å². The molecule has 0 aliphatic carbocycles. The molecule has 6 heteroatoms. The number of nitrogens with one attached hydrogen (secondary N) is 1. The Hall–Kier alpha value is -2.73. The van der Waals surface area contributed by atoms with E-state index in [0.29, 0.717) is 32.4 Å². The summed E-state index contributed by atoms with van der Waals surface area (Å²) < 4.78 is 18.3. The van der Waals surface area contributed by atoms with Gasteiger partial charge in [-0.15, -0.1) is 0 Å². The monoisotopic (exact) mass is 400 g/mol. The second-order valence-corrected chi connectivity index (χ2v) is 6.85. The Morgan fingerprint density at radius 3 is 2.41 bits per heavy atom. The van der Waals surface area contributed by atoms with E-state index in [2.05, 4.69) is 5.32 Å². The van der Waals surface area contributed by atoms with Crippen LogP contribution in [-0.2, 0) is 20.9 Å². The Morgan fingerprint density at radius 1 is 1.10 bits per heavy atom. The van der Waals surface area contributed by atoms with Crippen LogP contribution in [0.1, 0.15) is 43.4 Å². The van der Waals surface area contributed by atoms with E-state index in [-0.39, 0.29) is 24.2 Å². The molecule has 0 aliphatic rings. The minimum absolute atomic E-state index is 0.113. The number of methoxy groups -OCH3 is 1.